The van der Waals surface area contributed by atoms with E-state index in [-0.39, 0.29) is 5.91 Å². The molecule has 0 aromatic carbocycles. The van der Waals surface area contributed by atoms with Crippen LogP contribution in [0, 0.1) is 0 Å². The zero-order valence-corrected chi connectivity index (χ0v) is 6.79. The van der Waals surface area contributed by atoms with Crippen LogP contribution in [0.5, 0.6) is 0 Å². The van der Waals surface area contributed by atoms with Gasteiger partial charge < -0.3 is 5.32 Å². The van der Waals surface area contributed by atoms with Crippen LogP contribution in [0.1, 0.15) is 6.92 Å². The van der Waals surface area contributed by atoms with E-state index in [9.17, 15) is 4.79 Å². The maximum Gasteiger partial charge on any atom is 0.248 e. The number of halogens is 2. The standard InChI is InChI=1S/C4H7BrClNO/c1-2-7-4(8)3(5)6/h3H,2H2,1H3,(H,7,8). The highest BCUT2D eigenvalue weighted by Gasteiger charge is 2.07. The molecular formula is C4H7BrClNO. The van der Waals surface area contributed by atoms with Crippen LogP contribution >= 0.6 is 27.5 Å². The van der Waals surface area contributed by atoms with Crippen LogP contribution in [0.25, 0.3) is 0 Å². The quantitative estimate of drug-likeness (QED) is 0.664. The molecule has 4 heteroatoms. The molecule has 0 radical (unpaired) electrons. The summed E-state index contributed by atoms with van der Waals surface area (Å²) in [5.74, 6) is -0.186. The average molecular weight is 200 g/mol. The minimum Gasteiger partial charge on any atom is -0.354 e. The number of carbonyl (C=O) groups is 1. The van der Waals surface area contributed by atoms with Crippen molar-refractivity contribution in [1.82, 2.24) is 5.32 Å². The Bertz CT molecular complexity index is 86.1. The lowest BCUT2D eigenvalue weighted by molar-refractivity contribution is -0.119. The van der Waals surface area contributed by atoms with Crippen molar-refractivity contribution in [2.24, 2.45) is 0 Å². The Morgan fingerprint density at radius 3 is 2.62 bits per heavy atom. The van der Waals surface area contributed by atoms with Gasteiger partial charge in [0.05, 0.1) is 0 Å². The Morgan fingerprint density at radius 2 is 2.50 bits per heavy atom. The molecule has 0 bridgehead atoms. The van der Waals surface area contributed by atoms with Crippen LogP contribution < -0.4 is 5.32 Å². The molecule has 0 rings (SSSR count). The van der Waals surface area contributed by atoms with Crippen LogP contribution in [0.3, 0.4) is 0 Å². The fraction of sp³-hybridized carbons (Fsp3) is 0.750. The predicted octanol–water partition coefficient (Wildman–Crippen LogP) is 1.08. The summed E-state index contributed by atoms with van der Waals surface area (Å²) in [6.45, 7) is 2.46. The summed E-state index contributed by atoms with van der Waals surface area (Å²) in [6.07, 6.45) is 0. The third-order valence-electron chi connectivity index (χ3n) is 0.549. The summed E-state index contributed by atoms with van der Waals surface area (Å²) in [7, 11) is 0. The molecule has 1 N–H and O–H groups in total. The zero-order valence-electron chi connectivity index (χ0n) is 4.45. The maximum absolute atomic E-state index is 10.5. The third kappa shape index (κ3) is 3.27. The molecule has 8 heavy (non-hydrogen) atoms. The van der Waals surface area contributed by atoms with E-state index in [4.69, 9.17) is 11.6 Å². The zero-order chi connectivity index (χ0) is 6.57. The van der Waals surface area contributed by atoms with Gasteiger partial charge in [0.15, 0.2) is 4.29 Å². The Kier molecular flexibility index (Phi) is 4.28. The van der Waals surface area contributed by atoms with Gasteiger partial charge in [-0.15, -0.1) is 0 Å². The van der Waals surface area contributed by atoms with Gasteiger partial charge in [0, 0.05) is 6.54 Å². The van der Waals surface area contributed by atoms with Crippen molar-refractivity contribution in [3.63, 3.8) is 0 Å². The minimum atomic E-state index is -0.595. The fourth-order valence-corrected chi connectivity index (χ4v) is 0.490. The van der Waals surface area contributed by atoms with Gasteiger partial charge in [0.1, 0.15) is 0 Å². The summed E-state index contributed by atoms with van der Waals surface area (Å²) in [5, 5.41) is 2.53. The molecular weight excluding hydrogens is 193 g/mol. The van der Waals surface area contributed by atoms with E-state index >= 15 is 0 Å². The van der Waals surface area contributed by atoms with Gasteiger partial charge >= 0.3 is 0 Å². The van der Waals surface area contributed by atoms with Gasteiger partial charge in [-0.25, -0.2) is 0 Å². The smallest absolute Gasteiger partial charge is 0.248 e. The van der Waals surface area contributed by atoms with Crippen molar-refractivity contribution in [3.8, 4) is 0 Å². The van der Waals surface area contributed by atoms with Gasteiger partial charge in [0.25, 0.3) is 0 Å². The van der Waals surface area contributed by atoms with Crippen LogP contribution in [0.2, 0.25) is 0 Å². The number of hydrogen-bond acceptors (Lipinski definition) is 1. The summed E-state index contributed by atoms with van der Waals surface area (Å²) in [6, 6.07) is 0. The van der Waals surface area contributed by atoms with Gasteiger partial charge in [-0.3, -0.25) is 4.79 Å². The molecule has 48 valence electrons. The monoisotopic (exact) mass is 199 g/mol. The molecule has 0 aromatic heterocycles. The number of hydrogen-bond donors (Lipinski definition) is 1. The first-order valence-corrected chi connectivity index (χ1v) is 3.59. The predicted molar refractivity (Wildman–Crippen MR) is 37.3 cm³/mol. The van der Waals surface area contributed by atoms with E-state index < -0.39 is 4.29 Å². The molecule has 0 aliphatic heterocycles. The Morgan fingerprint density at radius 1 is 2.00 bits per heavy atom. The van der Waals surface area contributed by atoms with Gasteiger partial charge in [0.2, 0.25) is 5.91 Å². The highest BCUT2D eigenvalue weighted by atomic mass is 79.9. The van der Waals surface area contributed by atoms with E-state index in [0.29, 0.717) is 6.54 Å². The van der Waals surface area contributed by atoms with Crippen LogP contribution in [-0.2, 0) is 4.79 Å². The Hall–Kier alpha value is 0.240. The first-order valence-electron chi connectivity index (χ1n) is 2.24. The van der Waals surface area contributed by atoms with Crippen LogP contribution in [0.4, 0.5) is 0 Å². The minimum absolute atomic E-state index is 0.186. The number of nitrogens with one attached hydrogen (secondary N) is 1. The summed E-state index contributed by atoms with van der Waals surface area (Å²) >= 11 is 8.21. The van der Waals surface area contributed by atoms with Gasteiger partial charge in [-0.05, 0) is 6.92 Å². The van der Waals surface area contributed by atoms with E-state index in [1.54, 1.807) is 0 Å². The summed E-state index contributed by atoms with van der Waals surface area (Å²) in [5.41, 5.74) is 0. The molecule has 0 saturated carbocycles. The second-order valence-electron chi connectivity index (χ2n) is 1.20. The first kappa shape index (κ1) is 8.24. The lowest BCUT2D eigenvalue weighted by Gasteiger charge is -1.99. The fourth-order valence-electron chi connectivity index (χ4n) is 0.251. The number of alkyl halides is 2. The van der Waals surface area contributed by atoms with Crippen molar-refractivity contribution < 1.29 is 4.79 Å². The third-order valence-corrected chi connectivity index (χ3v) is 1.16. The number of rotatable bonds is 2. The molecule has 1 unspecified atom stereocenters. The summed E-state index contributed by atoms with van der Waals surface area (Å²) in [4.78, 5) is 10.5. The van der Waals surface area contributed by atoms with Gasteiger partial charge in [-0.2, -0.15) is 0 Å². The van der Waals surface area contributed by atoms with E-state index in [1.807, 2.05) is 6.92 Å². The van der Waals surface area contributed by atoms with Crippen LogP contribution in [-0.4, -0.2) is 16.7 Å². The molecule has 0 fully saturated rings. The van der Waals surface area contributed by atoms with Crippen molar-refractivity contribution in [2.45, 2.75) is 11.2 Å². The number of amides is 1. The first-order chi connectivity index (χ1) is 3.68. The summed E-state index contributed by atoms with van der Waals surface area (Å²) < 4.78 is -0.595. The SMILES string of the molecule is CCNC(=O)C(Cl)Br. The second kappa shape index (κ2) is 4.15. The Labute approximate surface area is 61.7 Å². The van der Waals surface area contributed by atoms with Crippen molar-refractivity contribution in [3.05, 3.63) is 0 Å². The van der Waals surface area contributed by atoms with Crippen molar-refractivity contribution in [1.29, 1.82) is 0 Å². The second-order valence-corrected chi connectivity index (χ2v) is 3.07. The van der Waals surface area contributed by atoms with E-state index in [0.717, 1.165) is 0 Å². The molecule has 0 aliphatic carbocycles. The lowest BCUT2D eigenvalue weighted by atomic mass is 10.6. The molecule has 0 aromatic rings. The average Bonchev–Trinajstić information content (AvgIpc) is 1.67. The van der Waals surface area contributed by atoms with E-state index in [2.05, 4.69) is 21.2 Å². The molecule has 0 saturated heterocycles. The molecule has 1 amide bonds. The molecule has 0 aliphatic rings. The highest BCUT2D eigenvalue weighted by Crippen LogP contribution is 2.02. The van der Waals surface area contributed by atoms with Crippen molar-refractivity contribution in [2.75, 3.05) is 6.54 Å². The van der Waals surface area contributed by atoms with Gasteiger partial charge in [-0.1, -0.05) is 27.5 Å². The normalized spacial score (nSPS) is 12.9. The number of carbonyl (C=O) groups excluding carboxylic acids is 1. The topological polar surface area (TPSA) is 29.1 Å². The van der Waals surface area contributed by atoms with Crippen molar-refractivity contribution >= 4 is 33.4 Å². The molecule has 0 spiro atoms. The molecule has 1 atom stereocenters. The lowest BCUT2D eigenvalue weighted by Crippen LogP contribution is -2.27. The van der Waals surface area contributed by atoms with E-state index in [1.165, 1.54) is 0 Å². The molecule has 0 heterocycles. The Balaban J connectivity index is 3.33. The highest BCUT2D eigenvalue weighted by molar-refractivity contribution is 9.10. The largest absolute Gasteiger partial charge is 0.354 e. The maximum atomic E-state index is 10.5. The molecule has 2 nitrogen and oxygen atoms in total. The van der Waals surface area contributed by atoms with Crippen LogP contribution in [0.15, 0.2) is 0 Å².